The predicted octanol–water partition coefficient (Wildman–Crippen LogP) is 5.39. The number of benzene rings is 3. The molecular weight excluding hydrogens is 558 g/mol. The molecule has 1 aliphatic heterocycles. The van der Waals surface area contributed by atoms with E-state index in [2.05, 4.69) is 30.2 Å². The maximum absolute atomic E-state index is 14.4. The molecule has 6 rings (SSSR count). The van der Waals surface area contributed by atoms with Crippen molar-refractivity contribution in [2.24, 2.45) is 4.99 Å². The minimum Gasteiger partial charge on any atom is -0.497 e. The number of carbonyl (C=O) groups excluding carboxylic acids is 1. The van der Waals surface area contributed by atoms with Gasteiger partial charge in [0.15, 0.2) is 4.80 Å². The fourth-order valence-electron chi connectivity index (χ4n) is 5.70. The molecule has 1 aliphatic rings. The number of hydrogen-bond donors (Lipinski definition) is 0. The molecule has 0 spiro atoms. The zero-order chi connectivity index (χ0) is 30.1. The number of fused-ring (bicyclic) bond motifs is 2. The Morgan fingerprint density at radius 2 is 1.84 bits per heavy atom. The summed E-state index contributed by atoms with van der Waals surface area (Å²) in [5.41, 5.74) is 5.12. The summed E-state index contributed by atoms with van der Waals surface area (Å²) >= 11 is 1.31. The van der Waals surface area contributed by atoms with Crippen LogP contribution in [0.25, 0.3) is 22.7 Å². The molecule has 1 atom stereocenters. The molecule has 0 N–H and O–H groups in total. The van der Waals surface area contributed by atoms with E-state index in [0.29, 0.717) is 32.9 Å². The minimum absolute atomic E-state index is 0.188. The number of methoxy groups -OCH3 is 1. The van der Waals surface area contributed by atoms with Gasteiger partial charge in [-0.1, -0.05) is 78.1 Å². The summed E-state index contributed by atoms with van der Waals surface area (Å²) in [6.07, 6.45) is 3.81. The Labute approximate surface area is 253 Å². The summed E-state index contributed by atoms with van der Waals surface area (Å²) in [7, 11) is 1.59. The van der Waals surface area contributed by atoms with Gasteiger partial charge in [-0.05, 0) is 43.7 Å². The van der Waals surface area contributed by atoms with Gasteiger partial charge >= 0.3 is 5.97 Å². The zero-order valence-corrected chi connectivity index (χ0v) is 25.1. The molecular formula is C35H31N3O4S. The molecule has 5 aromatic rings. The Kier molecular flexibility index (Phi) is 7.69. The lowest BCUT2D eigenvalue weighted by atomic mass is 9.93. The van der Waals surface area contributed by atoms with Crippen LogP contribution in [0.3, 0.4) is 0 Å². The number of rotatable bonds is 8. The van der Waals surface area contributed by atoms with Gasteiger partial charge in [-0.2, -0.15) is 0 Å². The van der Waals surface area contributed by atoms with Gasteiger partial charge in [0.2, 0.25) is 0 Å². The molecule has 3 aromatic carbocycles. The summed E-state index contributed by atoms with van der Waals surface area (Å²) in [5.74, 6) is 0.0993. The van der Waals surface area contributed by atoms with E-state index in [0.717, 1.165) is 33.3 Å². The van der Waals surface area contributed by atoms with Gasteiger partial charge in [0.25, 0.3) is 5.56 Å². The molecule has 216 valence electrons. The highest BCUT2D eigenvalue weighted by molar-refractivity contribution is 7.07. The maximum Gasteiger partial charge on any atom is 0.338 e. The van der Waals surface area contributed by atoms with Crippen LogP contribution < -0.4 is 19.6 Å². The van der Waals surface area contributed by atoms with E-state index in [-0.39, 0.29) is 12.2 Å². The summed E-state index contributed by atoms with van der Waals surface area (Å²) in [4.78, 5) is 33.5. The van der Waals surface area contributed by atoms with Crippen molar-refractivity contribution in [2.75, 3.05) is 13.7 Å². The highest BCUT2D eigenvalue weighted by Crippen LogP contribution is 2.36. The van der Waals surface area contributed by atoms with Crippen LogP contribution in [0, 0.1) is 6.92 Å². The smallest absolute Gasteiger partial charge is 0.338 e. The van der Waals surface area contributed by atoms with Gasteiger partial charge in [-0.15, -0.1) is 6.58 Å². The van der Waals surface area contributed by atoms with Crippen molar-refractivity contribution >= 4 is 40.0 Å². The number of allylic oxidation sites excluding steroid dienone is 1. The topological polar surface area (TPSA) is 74.8 Å². The van der Waals surface area contributed by atoms with Crippen molar-refractivity contribution in [3.05, 3.63) is 139 Å². The number of esters is 1. The van der Waals surface area contributed by atoms with Crippen LogP contribution in [0.2, 0.25) is 0 Å². The Balaban J connectivity index is 1.67. The highest BCUT2D eigenvalue weighted by Gasteiger charge is 2.35. The first-order valence-corrected chi connectivity index (χ1v) is 14.9. The van der Waals surface area contributed by atoms with E-state index < -0.39 is 12.0 Å². The van der Waals surface area contributed by atoms with Crippen LogP contribution in [0.15, 0.2) is 107 Å². The molecule has 0 amide bonds. The fraction of sp³-hybridized carbons (Fsp3) is 0.171. The standard InChI is InChI=1S/C35H31N3O4S/c1-5-19-37-22(3)27(26-17-10-11-18-28(26)37)21-29-33(39)38-32(24-15-12-16-25(20-24)41-4)30(34(40)42-6-2)31(36-35(38)43-29)23-13-8-7-9-14-23/h5,7-18,20-21,32H,1,6,19H2,2-4H3/b29-21+. The second kappa shape index (κ2) is 11.7. The van der Waals surface area contributed by atoms with Crippen LogP contribution >= 0.6 is 11.3 Å². The normalized spacial score (nSPS) is 14.9. The molecule has 0 bridgehead atoms. The number of carbonyl (C=O) groups is 1. The van der Waals surface area contributed by atoms with Gasteiger partial charge in [-0.25, -0.2) is 9.79 Å². The fourth-order valence-corrected chi connectivity index (χ4v) is 6.69. The second-order valence-electron chi connectivity index (χ2n) is 10.1. The second-order valence-corrected chi connectivity index (χ2v) is 11.1. The number of thiazole rings is 1. The number of ether oxygens (including phenoxy) is 2. The predicted molar refractivity (Wildman–Crippen MR) is 171 cm³/mol. The Bertz CT molecular complexity index is 2080. The van der Waals surface area contributed by atoms with E-state index in [4.69, 9.17) is 14.5 Å². The largest absolute Gasteiger partial charge is 0.497 e. The average Bonchev–Trinajstić information content (AvgIpc) is 3.49. The van der Waals surface area contributed by atoms with Crippen LogP contribution in [-0.2, 0) is 16.1 Å². The van der Waals surface area contributed by atoms with Crippen molar-refractivity contribution in [1.29, 1.82) is 0 Å². The van der Waals surface area contributed by atoms with Gasteiger partial charge in [0.1, 0.15) is 5.75 Å². The Morgan fingerprint density at radius 1 is 1.07 bits per heavy atom. The number of nitrogens with zero attached hydrogens (tertiary/aromatic N) is 3. The molecule has 7 nitrogen and oxygen atoms in total. The quantitative estimate of drug-likeness (QED) is 0.180. The molecule has 43 heavy (non-hydrogen) atoms. The van der Waals surface area contributed by atoms with E-state index in [9.17, 15) is 9.59 Å². The SMILES string of the molecule is C=CCn1c(C)c(/C=c2/sc3n(c2=O)C(c2cccc(OC)c2)C(C(=O)OCC)=C(c2ccccc2)N=3)c2ccccc21. The Hall–Kier alpha value is -4.95. The van der Waals surface area contributed by atoms with Gasteiger partial charge in [0.05, 0.1) is 35.6 Å². The van der Waals surface area contributed by atoms with Crippen molar-refractivity contribution < 1.29 is 14.3 Å². The van der Waals surface area contributed by atoms with Crippen LogP contribution in [0.1, 0.15) is 35.3 Å². The molecule has 2 aromatic heterocycles. The third-order valence-electron chi connectivity index (χ3n) is 7.65. The van der Waals surface area contributed by atoms with E-state index in [1.165, 1.54) is 11.3 Å². The van der Waals surface area contributed by atoms with Gasteiger partial charge in [0, 0.05) is 34.3 Å². The molecule has 0 saturated carbocycles. The summed E-state index contributed by atoms with van der Waals surface area (Å²) in [5, 5.41) is 1.05. The summed E-state index contributed by atoms with van der Waals surface area (Å²) < 4.78 is 15.4. The molecule has 1 unspecified atom stereocenters. The highest BCUT2D eigenvalue weighted by atomic mass is 32.1. The average molecular weight is 590 g/mol. The molecule has 0 radical (unpaired) electrons. The molecule has 0 fully saturated rings. The van der Waals surface area contributed by atoms with Crippen LogP contribution in [-0.4, -0.2) is 28.8 Å². The summed E-state index contributed by atoms with van der Waals surface area (Å²) in [6, 6.07) is 24.3. The number of para-hydroxylation sites is 1. The van der Waals surface area contributed by atoms with Crippen molar-refractivity contribution in [3.63, 3.8) is 0 Å². The first-order valence-electron chi connectivity index (χ1n) is 14.1. The van der Waals surface area contributed by atoms with Gasteiger partial charge in [-0.3, -0.25) is 9.36 Å². The number of aromatic nitrogens is 2. The van der Waals surface area contributed by atoms with Gasteiger partial charge < -0.3 is 14.0 Å². The molecule has 0 saturated heterocycles. The minimum atomic E-state index is -0.772. The van der Waals surface area contributed by atoms with E-state index >= 15 is 0 Å². The lowest BCUT2D eigenvalue weighted by Crippen LogP contribution is -2.40. The molecule has 0 aliphatic carbocycles. The number of hydrogen-bond acceptors (Lipinski definition) is 6. The lowest BCUT2D eigenvalue weighted by molar-refractivity contribution is -0.138. The van der Waals surface area contributed by atoms with E-state index in [1.54, 1.807) is 18.6 Å². The van der Waals surface area contributed by atoms with Crippen LogP contribution in [0.5, 0.6) is 5.75 Å². The van der Waals surface area contributed by atoms with E-state index in [1.807, 2.05) is 78.9 Å². The Morgan fingerprint density at radius 3 is 2.58 bits per heavy atom. The lowest BCUT2D eigenvalue weighted by Gasteiger charge is -2.26. The molecule has 8 heteroatoms. The monoisotopic (exact) mass is 589 g/mol. The maximum atomic E-state index is 14.4. The first kappa shape index (κ1) is 28.2. The van der Waals surface area contributed by atoms with Crippen molar-refractivity contribution in [2.45, 2.75) is 26.4 Å². The van der Waals surface area contributed by atoms with Crippen molar-refractivity contribution in [1.82, 2.24) is 9.13 Å². The van der Waals surface area contributed by atoms with Crippen LogP contribution in [0.4, 0.5) is 0 Å². The van der Waals surface area contributed by atoms with Crippen molar-refractivity contribution in [3.8, 4) is 5.75 Å². The third-order valence-corrected chi connectivity index (χ3v) is 8.63. The zero-order valence-electron chi connectivity index (χ0n) is 24.2. The third kappa shape index (κ3) is 4.93. The molecule has 3 heterocycles. The first-order chi connectivity index (χ1) is 21.0. The summed E-state index contributed by atoms with van der Waals surface area (Å²) in [6.45, 7) is 8.59.